The maximum absolute atomic E-state index is 10.1. The zero-order chi connectivity index (χ0) is 17.0. The normalized spacial score (nSPS) is 25.4. The summed E-state index contributed by atoms with van der Waals surface area (Å²) in [4.78, 5) is 2.35. The Bertz CT molecular complexity index is 537. The quantitative estimate of drug-likeness (QED) is 0.553. The number of likely N-dealkylation sites (tertiary alicyclic amines) is 1. The summed E-state index contributed by atoms with van der Waals surface area (Å²) < 4.78 is 15.8. The molecule has 0 aliphatic carbocycles. The second-order valence-electron chi connectivity index (χ2n) is 6.42. The fourth-order valence-corrected chi connectivity index (χ4v) is 8.20. The molecule has 6 nitrogen and oxygen atoms in total. The summed E-state index contributed by atoms with van der Waals surface area (Å²) in [6, 6.07) is 2.53. The summed E-state index contributed by atoms with van der Waals surface area (Å²) in [5, 5.41) is 10.9. The molecule has 134 valence electrons. The first-order valence-electron chi connectivity index (χ1n) is 8.81. The first kappa shape index (κ1) is 18.3. The largest absolute Gasteiger partial charge is 0.379 e. The van der Waals surface area contributed by atoms with Gasteiger partial charge in [0, 0.05) is 45.0 Å². The van der Waals surface area contributed by atoms with Crippen molar-refractivity contribution in [3.8, 4) is 6.07 Å². The molecule has 0 bridgehead atoms. The Morgan fingerprint density at radius 3 is 1.79 bits per heavy atom. The highest BCUT2D eigenvalue weighted by molar-refractivity contribution is 8.14. The number of hydrogen-bond donors (Lipinski definition) is 0. The molecule has 0 amide bonds. The molecule has 0 atom stereocenters. The predicted octanol–water partition coefficient (Wildman–Crippen LogP) is 1.81. The van der Waals surface area contributed by atoms with Crippen molar-refractivity contribution in [1.29, 1.82) is 5.26 Å². The van der Waals surface area contributed by atoms with E-state index in [4.69, 9.17) is 21.3 Å². The van der Waals surface area contributed by atoms with Crippen molar-refractivity contribution in [2.24, 2.45) is 0 Å². The molecule has 3 aliphatic heterocycles. The molecule has 0 N–H and O–H groups in total. The molecule has 3 saturated heterocycles. The third-order valence-corrected chi connectivity index (χ3v) is 10.3. The van der Waals surface area contributed by atoms with Crippen LogP contribution in [0.4, 0.5) is 0 Å². The third kappa shape index (κ3) is 3.55. The summed E-state index contributed by atoms with van der Waals surface area (Å²) >= 11 is 6.32. The molecule has 0 saturated carbocycles. The Balaban J connectivity index is 1.99. The van der Waals surface area contributed by atoms with E-state index in [1.54, 1.807) is 0 Å². The number of hydrogen-bond acceptors (Lipinski definition) is 5. The first-order chi connectivity index (χ1) is 11.7. The molecular formula is C16H27N4O2PS. The van der Waals surface area contributed by atoms with Crippen LogP contribution in [0.5, 0.6) is 0 Å². The highest BCUT2D eigenvalue weighted by Crippen LogP contribution is 2.61. The van der Waals surface area contributed by atoms with E-state index < -0.39 is 6.34 Å². The van der Waals surface area contributed by atoms with Crippen LogP contribution >= 0.6 is 6.34 Å². The number of ether oxygens (including phenoxy) is 2. The highest BCUT2D eigenvalue weighted by atomic mass is 32.4. The lowest BCUT2D eigenvalue weighted by Gasteiger charge is -2.46. The van der Waals surface area contributed by atoms with Gasteiger partial charge in [-0.05, 0) is 19.8 Å². The lowest BCUT2D eigenvalue weighted by atomic mass is 10.4. The average Bonchev–Trinajstić information content (AvgIpc) is 3.18. The van der Waals surface area contributed by atoms with Crippen molar-refractivity contribution in [3.05, 3.63) is 11.0 Å². The lowest BCUT2D eigenvalue weighted by Crippen LogP contribution is -2.43. The van der Waals surface area contributed by atoms with Gasteiger partial charge in [-0.25, -0.2) is 0 Å². The molecule has 24 heavy (non-hydrogen) atoms. The van der Waals surface area contributed by atoms with E-state index in [2.05, 4.69) is 27.2 Å². The number of allylic oxidation sites excluding steroid dienone is 2. The molecule has 3 aliphatic rings. The lowest BCUT2D eigenvalue weighted by molar-refractivity contribution is 0.0586. The summed E-state index contributed by atoms with van der Waals surface area (Å²) in [5.74, 6) is 0. The van der Waals surface area contributed by atoms with Crippen molar-refractivity contribution in [2.45, 2.75) is 19.8 Å². The molecule has 0 unspecified atom stereocenters. The van der Waals surface area contributed by atoms with E-state index >= 15 is 0 Å². The molecule has 0 aromatic rings. The molecular weight excluding hydrogens is 343 g/mol. The van der Waals surface area contributed by atoms with Gasteiger partial charge in [0.25, 0.3) is 0 Å². The first-order valence-corrected chi connectivity index (χ1v) is 11.5. The smallest absolute Gasteiger partial charge is 0.119 e. The molecule has 3 heterocycles. The van der Waals surface area contributed by atoms with Gasteiger partial charge < -0.3 is 14.4 Å². The topological polar surface area (TPSA) is 52.0 Å². The average molecular weight is 370 g/mol. The Labute approximate surface area is 150 Å². The van der Waals surface area contributed by atoms with Gasteiger partial charge in [-0.15, -0.1) is 0 Å². The van der Waals surface area contributed by atoms with E-state index in [9.17, 15) is 5.26 Å². The summed E-state index contributed by atoms with van der Waals surface area (Å²) in [5.41, 5.74) is 1.09. The molecule has 3 rings (SSSR count). The molecule has 0 radical (unpaired) electrons. The number of nitrogens with zero attached hydrogens (tertiary/aromatic N) is 4. The van der Waals surface area contributed by atoms with Crippen LogP contribution in [0.3, 0.4) is 0 Å². The van der Waals surface area contributed by atoms with E-state index in [0.29, 0.717) is 26.4 Å². The van der Waals surface area contributed by atoms with Crippen molar-refractivity contribution < 1.29 is 9.47 Å². The van der Waals surface area contributed by atoms with Crippen LogP contribution in [0, 0.1) is 11.3 Å². The molecule has 0 aromatic heterocycles. The van der Waals surface area contributed by atoms with Crippen LogP contribution in [0.1, 0.15) is 19.8 Å². The van der Waals surface area contributed by atoms with Crippen molar-refractivity contribution >= 4 is 18.1 Å². The second-order valence-corrected chi connectivity index (χ2v) is 10.6. The van der Waals surface area contributed by atoms with Gasteiger partial charge in [0.1, 0.15) is 17.7 Å². The van der Waals surface area contributed by atoms with Gasteiger partial charge >= 0.3 is 0 Å². The van der Waals surface area contributed by atoms with Crippen LogP contribution in [0.2, 0.25) is 0 Å². The van der Waals surface area contributed by atoms with Crippen molar-refractivity contribution in [1.82, 2.24) is 14.2 Å². The minimum absolute atomic E-state index is 0.699. The van der Waals surface area contributed by atoms with Gasteiger partial charge in [0.2, 0.25) is 0 Å². The minimum atomic E-state index is -2.27. The Hall–Kier alpha value is -0.480. The maximum Gasteiger partial charge on any atom is 0.119 e. The minimum Gasteiger partial charge on any atom is -0.379 e. The van der Waals surface area contributed by atoms with Gasteiger partial charge in [-0.3, -0.25) is 9.34 Å². The van der Waals surface area contributed by atoms with E-state index in [-0.39, 0.29) is 0 Å². The van der Waals surface area contributed by atoms with Gasteiger partial charge in [0.05, 0.1) is 26.4 Å². The van der Waals surface area contributed by atoms with Gasteiger partial charge in [-0.2, -0.15) is 5.26 Å². The Morgan fingerprint density at radius 1 is 0.917 bits per heavy atom. The molecule has 0 spiro atoms. The zero-order valence-electron chi connectivity index (χ0n) is 14.4. The van der Waals surface area contributed by atoms with Crippen molar-refractivity contribution in [3.63, 3.8) is 0 Å². The van der Waals surface area contributed by atoms with Crippen LogP contribution in [0.15, 0.2) is 11.0 Å². The summed E-state index contributed by atoms with van der Waals surface area (Å²) in [6.45, 7) is 10.2. The Morgan fingerprint density at radius 2 is 1.38 bits per heavy atom. The summed E-state index contributed by atoms with van der Waals surface area (Å²) in [6.07, 6.45) is 0.133. The Kier molecular flexibility index (Phi) is 6.31. The van der Waals surface area contributed by atoms with E-state index in [0.717, 1.165) is 50.3 Å². The van der Waals surface area contributed by atoms with Crippen molar-refractivity contribution in [2.75, 3.05) is 65.7 Å². The van der Waals surface area contributed by atoms with E-state index in [1.807, 2.05) is 0 Å². The zero-order valence-corrected chi connectivity index (χ0v) is 16.2. The van der Waals surface area contributed by atoms with Crippen LogP contribution in [0.25, 0.3) is 0 Å². The number of nitriles is 1. The molecule has 8 heteroatoms. The van der Waals surface area contributed by atoms with Gasteiger partial charge in [0.15, 0.2) is 0 Å². The third-order valence-electron chi connectivity index (χ3n) is 5.06. The van der Waals surface area contributed by atoms with Crippen LogP contribution in [-0.4, -0.2) is 79.9 Å². The van der Waals surface area contributed by atoms with E-state index in [1.165, 1.54) is 12.8 Å². The second kappa shape index (κ2) is 8.27. The SMILES string of the molecule is CC(=C(C#N)P(=S)(N1CCOCC1)N1CCOCC1)N1CCCC1. The standard InChI is InChI=1S/C16H27N4O2PS/c1-15(18-4-2-3-5-18)16(14-17)23(24,19-6-10-21-11-7-19)20-8-12-22-13-9-20/h2-13H2,1H3. The molecule has 0 aromatic carbocycles. The monoisotopic (exact) mass is 370 g/mol. The predicted molar refractivity (Wildman–Crippen MR) is 98.2 cm³/mol. The molecule has 3 fully saturated rings. The summed E-state index contributed by atoms with van der Waals surface area (Å²) in [7, 11) is 0. The van der Waals surface area contributed by atoms with Crippen LogP contribution < -0.4 is 0 Å². The van der Waals surface area contributed by atoms with Crippen LogP contribution in [-0.2, 0) is 21.3 Å². The highest BCUT2D eigenvalue weighted by Gasteiger charge is 2.39. The fraction of sp³-hybridized carbons (Fsp3) is 0.812. The fourth-order valence-electron chi connectivity index (χ4n) is 3.67. The maximum atomic E-state index is 10.1. The van der Waals surface area contributed by atoms with Gasteiger partial charge in [-0.1, -0.05) is 11.8 Å². The number of rotatable bonds is 4. The number of morpholine rings is 2.